The highest BCUT2D eigenvalue weighted by molar-refractivity contribution is 6.76. The van der Waals surface area contributed by atoms with E-state index >= 15 is 4.39 Å². The van der Waals surface area contributed by atoms with Crippen molar-refractivity contribution < 1.29 is 33.2 Å². The van der Waals surface area contributed by atoms with Crippen LogP contribution in [0.15, 0.2) is 48.5 Å². The van der Waals surface area contributed by atoms with E-state index in [4.69, 9.17) is 23.9 Å². The van der Waals surface area contributed by atoms with E-state index in [1.165, 1.54) is 13.2 Å². The van der Waals surface area contributed by atoms with Crippen molar-refractivity contribution in [1.29, 1.82) is 0 Å². The molecule has 2 aromatic carbocycles. The average Bonchev–Trinajstić information content (AvgIpc) is 3.31. The monoisotopic (exact) mass is 650 g/mol. The lowest BCUT2D eigenvalue weighted by Crippen LogP contribution is -2.24. The van der Waals surface area contributed by atoms with E-state index < -0.39 is 13.7 Å². The number of fused-ring (bicyclic) bond motifs is 1. The third-order valence-electron chi connectivity index (χ3n) is 8.16. The summed E-state index contributed by atoms with van der Waals surface area (Å²) >= 11 is 0. The molecule has 0 aliphatic rings. The molecule has 2 heterocycles. The van der Waals surface area contributed by atoms with Gasteiger partial charge in [-0.2, -0.15) is 0 Å². The van der Waals surface area contributed by atoms with Crippen molar-refractivity contribution >= 4 is 24.8 Å². The molecular weight excluding hydrogens is 603 g/mol. The Morgan fingerprint density at radius 1 is 1.02 bits per heavy atom. The largest absolute Gasteiger partial charge is 0.494 e. The summed E-state index contributed by atoms with van der Waals surface area (Å²) < 4.78 is 40.1. The molecular formula is C36H47FN2O6Si. The number of pyridine rings is 1. The third kappa shape index (κ3) is 7.97. The molecule has 1 atom stereocenters. The molecule has 0 aliphatic heterocycles. The highest BCUT2D eigenvalue weighted by atomic mass is 28.3. The van der Waals surface area contributed by atoms with Gasteiger partial charge in [0.2, 0.25) is 0 Å². The van der Waals surface area contributed by atoms with Crippen LogP contribution in [0.1, 0.15) is 54.9 Å². The number of carbonyl (C=O) groups is 1. The predicted octanol–water partition coefficient (Wildman–Crippen LogP) is 8.14. The minimum Gasteiger partial charge on any atom is -0.494 e. The molecule has 1 unspecified atom stereocenters. The van der Waals surface area contributed by atoms with Crippen LogP contribution in [0.5, 0.6) is 17.2 Å². The fourth-order valence-corrected chi connectivity index (χ4v) is 6.13. The molecule has 10 heteroatoms. The second-order valence-corrected chi connectivity index (χ2v) is 18.7. The fourth-order valence-electron chi connectivity index (χ4n) is 5.38. The molecule has 0 fully saturated rings. The first-order valence-electron chi connectivity index (χ1n) is 15.8. The van der Waals surface area contributed by atoms with Gasteiger partial charge in [0, 0.05) is 43.3 Å². The highest BCUT2D eigenvalue weighted by Gasteiger charge is 2.29. The SMILES string of the molecule is CCCOc1ccc(C(=O)CCC(C)(O)c2ccc(OC)c(-c3c(C)n(COCC[Si](C)(C)C)c4c(F)cccc34)n2)cc1OC. The second-order valence-electron chi connectivity index (χ2n) is 13.0. The molecule has 4 rings (SSSR count). The zero-order chi connectivity index (χ0) is 33.6. The van der Waals surface area contributed by atoms with Gasteiger partial charge in [-0.1, -0.05) is 38.7 Å². The Morgan fingerprint density at radius 2 is 1.74 bits per heavy atom. The summed E-state index contributed by atoms with van der Waals surface area (Å²) in [5.74, 6) is 1.05. The van der Waals surface area contributed by atoms with E-state index in [2.05, 4.69) is 19.6 Å². The molecule has 4 aromatic rings. The van der Waals surface area contributed by atoms with Gasteiger partial charge in [-0.05, 0) is 69.1 Å². The molecule has 0 saturated carbocycles. The quantitative estimate of drug-likeness (QED) is 0.0744. The molecule has 0 amide bonds. The van der Waals surface area contributed by atoms with Crippen molar-refractivity contribution in [3.63, 3.8) is 0 Å². The van der Waals surface area contributed by atoms with Crippen LogP contribution in [0.25, 0.3) is 22.2 Å². The van der Waals surface area contributed by atoms with Gasteiger partial charge in [-0.15, -0.1) is 0 Å². The number of aliphatic hydroxyl groups is 1. The molecule has 0 radical (unpaired) electrons. The second kappa shape index (κ2) is 14.8. The van der Waals surface area contributed by atoms with Gasteiger partial charge in [0.25, 0.3) is 0 Å². The number of carbonyl (C=O) groups excluding carboxylic acids is 1. The van der Waals surface area contributed by atoms with Gasteiger partial charge in [0.15, 0.2) is 17.3 Å². The van der Waals surface area contributed by atoms with Gasteiger partial charge >= 0.3 is 0 Å². The normalized spacial score (nSPS) is 13.1. The first-order chi connectivity index (χ1) is 21.8. The van der Waals surface area contributed by atoms with Crippen LogP contribution in [0.2, 0.25) is 25.7 Å². The van der Waals surface area contributed by atoms with Crippen LogP contribution in [0.3, 0.4) is 0 Å². The minimum absolute atomic E-state index is 0.0761. The Hall–Kier alpha value is -3.73. The van der Waals surface area contributed by atoms with Crippen molar-refractivity contribution in [1.82, 2.24) is 9.55 Å². The summed E-state index contributed by atoms with van der Waals surface area (Å²) in [5.41, 5.74) is 1.78. The smallest absolute Gasteiger partial charge is 0.163 e. The van der Waals surface area contributed by atoms with Crippen molar-refractivity contribution in [3.05, 3.63) is 71.3 Å². The minimum atomic E-state index is -1.44. The molecule has 2 aromatic heterocycles. The van der Waals surface area contributed by atoms with Crippen LogP contribution in [0, 0.1) is 12.7 Å². The number of halogens is 1. The Bertz CT molecular complexity index is 1680. The third-order valence-corrected chi connectivity index (χ3v) is 9.87. The summed E-state index contributed by atoms with van der Waals surface area (Å²) in [6.45, 7) is 13.8. The molecule has 248 valence electrons. The van der Waals surface area contributed by atoms with Crippen LogP contribution in [0.4, 0.5) is 4.39 Å². The summed E-state index contributed by atoms with van der Waals surface area (Å²) in [6.07, 6.45) is 1.06. The van der Waals surface area contributed by atoms with Crippen LogP contribution < -0.4 is 14.2 Å². The zero-order valence-corrected chi connectivity index (χ0v) is 29.3. The van der Waals surface area contributed by atoms with Gasteiger partial charge in [0.1, 0.15) is 29.6 Å². The molecule has 1 N–H and O–H groups in total. The van der Waals surface area contributed by atoms with E-state index in [0.717, 1.165) is 18.2 Å². The standard InChI is InChI=1S/C36H47FN2O6Si/c1-9-19-45-29-14-13-25(22-31(29)43-5)28(40)17-18-36(3,41)32-16-15-30(42-4)34(38-32)33-24(2)39(23-44-20-21-46(6,7)8)35-26(33)11-10-12-27(35)37/h10-16,22,41H,9,17-21,23H2,1-8H3. The molecule has 46 heavy (non-hydrogen) atoms. The van der Waals surface area contributed by atoms with Crippen molar-refractivity contribution in [2.45, 2.75) is 78.1 Å². The summed E-state index contributed by atoms with van der Waals surface area (Å²) in [4.78, 5) is 18.1. The Balaban J connectivity index is 1.64. The lowest BCUT2D eigenvalue weighted by molar-refractivity contribution is 0.0397. The fraction of sp³-hybridized carbons (Fsp3) is 0.444. The van der Waals surface area contributed by atoms with E-state index in [1.807, 2.05) is 24.5 Å². The Labute approximate surface area is 272 Å². The number of ketones is 1. The van der Waals surface area contributed by atoms with Crippen molar-refractivity contribution in [3.8, 4) is 28.5 Å². The number of hydrogen-bond acceptors (Lipinski definition) is 7. The van der Waals surface area contributed by atoms with Crippen LogP contribution >= 0.6 is 0 Å². The summed E-state index contributed by atoms with van der Waals surface area (Å²) in [6, 6.07) is 14.5. The van der Waals surface area contributed by atoms with Gasteiger partial charge in [-0.3, -0.25) is 4.79 Å². The number of para-hydroxylation sites is 1. The number of rotatable bonds is 16. The van der Waals surface area contributed by atoms with Crippen LogP contribution in [-0.2, 0) is 17.1 Å². The number of nitrogens with zero attached hydrogens (tertiary/aromatic N) is 2. The van der Waals surface area contributed by atoms with Gasteiger partial charge in [0.05, 0.1) is 32.0 Å². The lowest BCUT2D eigenvalue weighted by atomic mass is 9.92. The predicted molar refractivity (Wildman–Crippen MR) is 182 cm³/mol. The summed E-state index contributed by atoms with van der Waals surface area (Å²) in [7, 11) is 1.80. The lowest BCUT2D eigenvalue weighted by Gasteiger charge is -2.24. The molecule has 0 spiro atoms. The molecule has 0 saturated heterocycles. The number of Topliss-reactive ketones (excluding diaryl/α,β-unsaturated/α-hetero) is 1. The molecule has 8 nitrogen and oxygen atoms in total. The maximum absolute atomic E-state index is 15.3. The first kappa shape index (κ1) is 35.1. The van der Waals surface area contributed by atoms with Crippen LogP contribution in [-0.4, -0.2) is 55.9 Å². The van der Waals surface area contributed by atoms with Crippen molar-refractivity contribution in [2.75, 3.05) is 27.4 Å². The first-order valence-corrected chi connectivity index (χ1v) is 19.5. The number of methoxy groups -OCH3 is 2. The molecule has 0 bridgehead atoms. The number of hydrogen-bond donors (Lipinski definition) is 1. The van der Waals surface area contributed by atoms with E-state index in [9.17, 15) is 9.90 Å². The topological polar surface area (TPSA) is 92.0 Å². The van der Waals surface area contributed by atoms with Gasteiger partial charge < -0.3 is 28.6 Å². The maximum Gasteiger partial charge on any atom is 0.163 e. The number of benzene rings is 2. The highest BCUT2D eigenvalue weighted by Crippen LogP contribution is 2.41. The average molecular weight is 651 g/mol. The van der Waals surface area contributed by atoms with Crippen molar-refractivity contribution in [2.24, 2.45) is 0 Å². The van der Waals surface area contributed by atoms with E-state index in [-0.39, 0.29) is 31.2 Å². The zero-order valence-electron chi connectivity index (χ0n) is 28.3. The summed E-state index contributed by atoms with van der Waals surface area (Å²) in [5, 5.41) is 12.3. The van der Waals surface area contributed by atoms with Gasteiger partial charge in [-0.25, -0.2) is 9.37 Å². The van der Waals surface area contributed by atoms with E-state index in [0.29, 0.717) is 63.9 Å². The Morgan fingerprint density at radius 3 is 2.41 bits per heavy atom. The number of aromatic nitrogens is 2. The van der Waals surface area contributed by atoms with E-state index in [1.54, 1.807) is 50.4 Å². The molecule has 0 aliphatic carbocycles. The maximum atomic E-state index is 15.3. The Kier molecular flexibility index (Phi) is 11.3. The number of ether oxygens (including phenoxy) is 4.